The molecule has 2 unspecified atom stereocenters. The van der Waals surface area contributed by atoms with E-state index in [0.29, 0.717) is 52.7 Å². The summed E-state index contributed by atoms with van der Waals surface area (Å²) in [5.74, 6) is 0.776. The first-order valence-corrected chi connectivity index (χ1v) is 16.7. The number of rotatable bonds is 7. The predicted octanol–water partition coefficient (Wildman–Crippen LogP) is 3.94. The summed E-state index contributed by atoms with van der Waals surface area (Å²) in [7, 11) is 0.171. The summed E-state index contributed by atoms with van der Waals surface area (Å²) in [6.07, 6.45) is 9.47. The van der Waals surface area contributed by atoms with Crippen molar-refractivity contribution in [1.29, 1.82) is 0 Å². The summed E-state index contributed by atoms with van der Waals surface area (Å²) in [5, 5.41) is 7.83. The van der Waals surface area contributed by atoms with Gasteiger partial charge in [-0.15, -0.1) is 0 Å². The maximum Gasteiger partial charge on any atom is 0.277 e. The molecule has 0 spiro atoms. The van der Waals surface area contributed by atoms with Gasteiger partial charge in [-0.2, -0.15) is 5.10 Å². The van der Waals surface area contributed by atoms with Crippen molar-refractivity contribution in [2.24, 2.45) is 7.05 Å². The third kappa shape index (κ3) is 5.21. The molecule has 3 saturated heterocycles. The molecule has 0 aliphatic carbocycles. The Morgan fingerprint density at radius 3 is 2.46 bits per heavy atom. The molecule has 3 aliphatic heterocycles. The Morgan fingerprint density at radius 2 is 1.83 bits per heavy atom. The van der Waals surface area contributed by atoms with Crippen molar-refractivity contribution in [2.45, 2.75) is 81.4 Å². The molecule has 2 N–H and O–H groups in total. The van der Waals surface area contributed by atoms with Crippen molar-refractivity contribution < 1.29 is 17.6 Å². The molecule has 2 atom stereocenters. The molecule has 0 saturated carbocycles. The van der Waals surface area contributed by atoms with Crippen LogP contribution < -0.4 is 15.6 Å². The van der Waals surface area contributed by atoms with E-state index in [1.807, 2.05) is 20.9 Å². The van der Waals surface area contributed by atoms with Crippen molar-refractivity contribution in [3.63, 3.8) is 0 Å². The second-order valence-electron chi connectivity index (χ2n) is 11.8. The molecule has 224 valence electrons. The molecule has 6 rings (SSSR count). The van der Waals surface area contributed by atoms with Gasteiger partial charge in [-0.05, 0) is 57.5 Å². The van der Waals surface area contributed by atoms with Crippen molar-refractivity contribution in [3.05, 3.63) is 34.2 Å². The minimum atomic E-state index is -3.61. The maximum atomic E-state index is 13.9. The van der Waals surface area contributed by atoms with Crippen LogP contribution in [0, 0.1) is 0 Å². The fourth-order valence-electron chi connectivity index (χ4n) is 6.84. The highest BCUT2D eigenvalue weighted by Crippen LogP contribution is 2.53. The standard InChI is InChI=1S/C24H31N5O4S.C6H13N/c1-5-8-18-20-21(28(3)27-18)23(30)26-22(25-20)17-15-16(9-10-19(17)33-6-2)34(31,32)24-11-7-13-29(24,4)14-12-24;1-2-4-6-7-5-3-1/h9-10,15H,5-8,11-14H2,1-4H3;7H,1-6H2/p+1. The fraction of sp³-hybridized carbons (Fsp3) is 0.633. The van der Waals surface area contributed by atoms with Crippen LogP contribution in [0.1, 0.15) is 70.9 Å². The molecule has 3 fully saturated rings. The van der Waals surface area contributed by atoms with Gasteiger partial charge >= 0.3 is 0 Å². The normalized spacial score (nSPS) is 24.2. The van der Waals surface area contributed by atoms with Crippen LogP contribution >= 0.6 is 0 Å². The number of nitrogens with zero attached hydrogens (tertiary/aromatic N) is 4. The fourth-order valence-corrected chi connectivity index (χ4v) is 9.33. The van der Waals surface area contributed by atoms with E-state index < -0.39 is 14.7 Å². The van der Waals surface area contributed by atoms with E-state index in [-0.39, 0.29) is 16.3 Å². The molecule has 3 aromatic rings. The molecule has 0 bridgehead atoms. The number of hydrogen-bond donors (Lipinski definition) is 2. The highest BCUT2D eigenvalue weighted by atomic mass is 32.2. The highest BCUT2D eigenvalue weighted by molar-refractivity contribution is 7.92. The summed E-state index contributed by atoms with van der Waals surface area (Å²) >= 11 is 0. The summed E-state index contributed by atoms with van der Waals surface area (Å²) in [5.41, 5.74) is 1.85. The van der Waals surface area contributed by atoms with Gasteiger partial charge in [0.1, 0.15) is 17.1 Å². The minimum Gasteiger partial charge on any atom is -0.493 e. The molecule has 10 nitrogen and oxygen atoms in total. The van der Waals surface area contributed by atoms with Crippen molar-refractivity contribution in [3.8, 4) is 17.1 Å². The van der Waals surface area contributed by atoms with Crippen LogP contribution in [-0.4, -0.2) is 77.4 Å². The van der Waals surface area contributed by atoms with Crippen LogP contribution in [0.4, 0.5) is 0 Å². The van der Waals surface area contributed by atoms with E-state index in [4.69, 9.17) is 9.72 Å². The molecule has 5 heterocycles. The number of quaternary nitrogens is 1. The van der Waals surface area contributed by atoms with Crippen molar-refractivity contribution in [1.82, 2.24) is 25.1 Å². The lowest BCUT2D eigenvalue weighted by Crippen LogP contribution is -2.71. The molecule has 0 amide bonds. The predicted molar refractivity (Wildman–Crippen MR) is 161 cm³/mol. The molecular weight excluding hydrogens is 540 g/mol. The van der Waals surface area contributed by atoms with Crippen LogP contribution in [0.15, 0.2) is 27.9 Å². The van der Waals surface area contributed by atoms with E-state index in [1.165, 1.54) is 38.8 Å². The van der Waals surface area contributed by atoms with Crippen molar-refractivity contribution >= 4 is 20.9 Å². The van der Waals surface area contributed by atoms with E-state index in [9.17, 15) is 13.2 Å². The number of nitrogens with one attached hydrogen (secondary N) is 2. The summed E-state index contributed by atoms with van der Waals surface area (Å²) < 4.78 is 35.8. The Labute approximate surface area is 243 Å². The molecule has 0 radical (unpaired) electrons. The highest BCUT2D eigenvalue weighted by Gasteiger charge is 2.68. The number of aromatic nitrogens is 4. The average molecular weight is 586 g/mol. The second-order valence-corrected chi connectivity index (χ2v) is 14.1. The summed E-state index contributed by atoms with van der Waals surface area (Å²) in [4.78, 5) is 20.1. The number of H-pyrrole nitrogens is 1. The SMILES string of the molecule is C1CCCNCC1.CCCc1nn(C)c2c(=O)[nH]c(-c3cc(S(=O)(=O)C45CCC[N+]4(C)CC5)ccc3OCC)nc12. The molecule has 1 aromatic carbocycles. The first-order valence-electron chi connectivity index (χ1n) is 15.2. The molecule has 3 aliphatic rings. The summed E-state index contributed by atoms with van der Waals surface area (Å²) in [6, 6.07) is 4.93. The van der Waals surface area contributed by atoms with E-state index in [2.05, 4.69) is 15.4 Å². The minimum absolute atomic E-state index is 0.250. The number of fused-ring (bicyclic) bond motifs is 2. The van der Waals surface area contributed by atoms with Gasteiger partial charge in [0.25, 0.3) is 5.56 Å². The largest absolute Gasteiger partial charge is 0.493 e. The van der Waals surface area contributed by atoms with Crippen LogP contribution in [0.25, 0.3) is 22.4 Å². The number of ether oxygens (including phenoxy) is 1. The van der Waals surface area contributed by atoms with Crippen LogP contribution in [0.2, 0.25) is 0 Å². The molecule has 41 heavy (non-hydrogen) atoms. The Kier molecular flexibility index (Phi) is 8.59. The maximum absolute atomic E-state index is 13.9. The molecule has 11 heteroatoms. The average Bonchev–Trinajstić information content (AvgIpc) is 3.20. The Hall–Kier alpha value is -2.76. The van der Waals surface area contributed by atoms with Gasteiger partial charge in [0.2, 0.25) is 14.7 Å². The summed E-state index contributed by atoms with van der Waals surface area (Å²) in [6.45, 7) is 8.58. The van der Waals surface area contributed by atoms with Gasteiger partial charge in [0.15, 0.2) is 5.52 Å². The van der Waals surface area contributed by atoms with E-state index in [1.54, 1.807) is 29.9 Å². The Balaban J connectivity index is 0.000000423. The van der Waals surface area contributed by atoms with Gasteiger partial charge in [0.05, 0.1) is 49.3 Å². The van der Waals surface area contributed by atoms with E-state index >= 15 is 0 Å². The van der Waals surface area contributed by atoms with E-state index in [0.717, 1.165) is 31.6 Å². The molecular formula is C30H45N6O4S+. The molecule has 2 aromatic heterocycles. The number of aryl methyl sites for hydroxylation is 2. The lowest BCUT2D eigenvalue weighted by atomic mass is 10.0. The number of hydrogen-bond acceptors (Lipinski definition) is 7. The lowest BCUT2D eigenvalue weighted by molar-refractivity contribution is -0.971. The van der Waals surface area contributed by atoms with Crippen molar-refractivity contribution in [2.75, 3.05) is 39.8 Å². The van der Waals surface area contributed by atoms with Crippen LogP contribution in [0.5, 0.6) is 5.75 Å². The number of benzene rings is 1. The second kappa shape index (κ2) is 11.9. The first-order chi connectivity index (χ1) is 19.7. The van der Waals surface area contributed by atoms with Gasteiger partial charge < -0.3 is 19.5 Å². The lowest BCUT2D eigenvalue weighted by Gasteiger charge is -2.53. The topological polar surface area (TPSA) is 119 Å². The van der Waals surface area contributed by atoms with Crippen LogP contribution in [0.3, 0.4) is 0 Å². The third-order valence-electron chi connectivity index (χ3n) is 9.22. The van der Waals surface area contributed by atoms with Gasteiger partial charge in [-0.3, -0.25) is 9.48 Å². The Bertz CT molecular complexity index is 1550. The zero-order valence-electron chi connectivity index (χ0n) is 25.0. The van der Waals surface area contributed by atoms with Gasteiger partial charge in [-0.1, -0.05) is 26.2 Å². The first kappa shape index (κ1) is 29.7. The quantitative estimate of drug-likeness (QED) is 0.403. The monoisotopic (exact) mass is 585 g/mol. The Morgan fingerprint density at radius 1 is 1.07 bits per heavy atom. The van der Waals surface area contributed by atoms with Gasteiger partial charge in [0, 0.05) is 19.9 Å². The zero-order valence-corrected chi connectivity index (χ0v) is 25.8. The third-order valence-corrected chi connectivity index (χ3v) is 11.9. The number of aromatic amines is 1. The smallest absolute Gasteiger partial charge is 0.277 e. The zero-order chi connectivity index (χ0) is 29.3. The van der Waals surface area contributed by atoms with Crippen LogP contribution in [-0.2, 0) is 23.3 Å². The number of sulfone groups is 1. The van der Waals surface area contributed by atoms with Gasteiger partial charge in [-0.25, -0.2) is 13.4 Å².